The van der Waals surface area contributed by atoms with Crippen LogP contribution in [0.3, 0.4) is 0 Å². The zero-order valence-electron chi connectivity index (χ0n) is 13.7. The van der Waals surface area contributed by atoms with E-state index >= 15 is 0 Å². The molecule has 124 valence electrons. The minimum absolute atomic E-state index is 0.176. The van der Waals surface area contributed by atoms with E-state index in [9.17, 15) is 0 Å². The smallest absolute Gasteiger partial charge is 0.243 e. The molecule has 0 amide bonds. The number of rotatable bonds is 7. The van der Waals surface area contributed by atoms with Gasteiger partial charge in [0.05, 0.1) is 12.6 Å². The van der Waals surface area contributed by atoms with Crippen molar-refractivity contribution in [2.45, 2.75) is 44.6 Å². The quantitative estimate of drug-likeness (QED) is 0.826. The standard InChI is InChI=1S/C16H28N4O2/c1-12(16-17-15(18-22-16)14-3-4-14)19(2)11-13-5-7-20(8-6-13)9-10-21/h12-14,21H,3-11H2,1-2H3/t12-/m0/s1. The van der Waals surface area contributed by atoms with Crippen molar-refractivity contribution >= 4 is 0 Å². The predicted molar refractivity (Wildman–Crippen MR) is 83.6 cm³/mol. The summed E-state index contributed by atoms with van der Waals surface area (Å²) < 4.78 is 5.45. The molecule has 0 aromatic carbocycles. The van der Waals surface area contributed by atoms with E-state index in [-0.39, 0.29) is 12.6 Å². The molecular weight excluding hydrogens is 280 g/mol. The minimum atomic E-state index is 0.176. The molecule has 0 radical (unpaired) electrons. The number of aliphatic hydroxyl groups is 1. The molecule has 22 heavy (non-hydrogen) atoms. The van der Waals surface area contributed by atoms with Gasteiger partial charge < -0.3 is 14.5 Å². The first-order valence-electron chi connectivity index (χ1n) is 8.54. The monoisotopic (exact) mass is 308 g/mol. The Morgan fingerprint density at radius 1 is 1.32 bits per heavy atom. The molecular formula is C16H28N4O2. The Morgan fingerprint density at radius 3 is 2.68 bits per heavy atom. The van der Waals surface area contributed by atoms with Crippen molar-refractivity contribution in [3.63, 3.8) is 0 Å². The van der Waals surface area contributed by atoms with E-state index in [1.807, 2.05) is 0 Å². The normalized spacial score (nSPS) is 22.4. The lowest BCUT2D eigenvalue weighted by atomic mass is 9.96. The number of hydrogen-bond acceptors (Lipinski definition) is 6. The van der Waals surface area contributed by atoms with Crippen LogP contribution in [-0.4, -0.2) is 64.9 Å². The van der Waals surface area contributed by atoms with Crippen molar-refractivity contribution in [3.05, 3.63) is 11.7 Å². The van der Waals surface area contributed by atoms with Crippen LogP contribution in [0.4, 0.5) is 0 Å². The van der Waals surface area contributed by atoms with Crippen molar-refractivity contribution in [3.8, 4) is 0 Å². The van der Waals surface area contributed by atoms with Crippen LogP contribution in [0.2, 0.25) is 0 Å². The fourth-order valence-corrected chi connectivity index (χ4v) is 3.21. The summed E-state index contributed by atoms with van der Waals surface area (Å²) in [6.45, 7) is 6.48. The van der Waals surface area contributed by atoms with Gasteiger partial charge in [-0.05, 0) is 58.7 Å². The molecule has 0 unspecified atom stereocenters. The molecule has 2 heterocycles. The van der Waals surface area contributed by atoms with Gasteiger partial charge in [-0.15, -0.1) is 0 Å². The summed E-state index contributed by atoms with van der Waals surface area (Å²) in [6.07, 6.45) is 4.81. The predicted octanol–water partition coefficient (Wildman–Crippen LogP) is 1.64. The maximum atomic E-state index is 9.00. The number of hydrogen-bond donors (Lipinski definition) is 1. The molecule has 6 heteroatoms. The third-order valence-electron chi connectivity index (χ3n) is 5.09. The summed E-state index contributed by atoms with van der Waals surface area (Å²) in [4.78, 5) is 9.24. The maximum Gasteiger partial charge on any atom is 0.243 e. The lowest BCUT2D eigenvalue weighted by Crippen LogP contribution is -2.39. The second-order valence-corrected chi connectivity index (χ2v) is 6.89. The van der Waals surface area contributed by atoms with Gasteiger partial charge in [0.15, 0.2) is 5.82 Å². The molecule has 2 fully saturated rings. The van der Waals surface area contributed by atoms with Gasteiger partial charge in [-0.1, -0.05) is 5.16 Å². The Balaban J connectivity index is 1.47. The summed E-state index contributed by atoms with van der Waals surface area (Å²) in [5, 5.41) is 13.1. The highest BCUT2D eigenvalue weighted by Crippen LogP contribution is 2.38. The Hall–Kier alpha value is -0.980. The van der Waals surface area contributed by atoms with E-state index in [0.717, 1.165) is 37.9 Å². The topological polar surface area (TPSA) is 65.6 Å². The van der Waals surface area contributed by atoms with Crippen LogP contribution in [0.15, 0.2) is 4.52 Å². The molecule has 1 N–H and O–H groups in total. The van der Waals surface area contributed by atoms with Gasteiger partial charge in [-0.3, -0.25) is 4.90 Å². The molecule has 1 aromatic rings. The first-order chi connectivity index (χ1) is 10.7. The average molecular weight is 308 g/mol. The molecule has 1 saturated carbocycles. The molecule has 3 rings (SSSR count). The molecule has 6 nitrogen and oxygen atoms in total. The first kappa shape index (κ1) is 15.9. The average Bonchev–Trinajstić information content (AvgIpc) is 3.26. The molecule has 1 aliphatic carbocycles. The highest BCUT2D eigenvalue weighted by atomic mass is 16.5. The number of nitrogens with zero attached hydrogens (tertiary/aromatic N) is 4. The fourth-order valence-electron chi connectivity index (χ4n) is 3.21. The highest BCUT2D eigenvalue weighted by molar-refractivity contribution is 5.04. The van der Waals surface area contributed by atoms with Gasteiger partial charge in [0, 0.05) is 19.0 Å². The lowest BCUT2D eigenvalue weighted by Gasteiger charge is -2.34. The molecule has 1 saturated heterocycles. The van der Waals surface area contributed by atoms with Gasteiger partial charge in [-0.25, -0.2) is 0 Å². The van der Waals surface area contributed by atoms with Gasteiger partial charge in [0.1, 0.15) is 0 Å². The van der Waals surface area contributed by atoms with E-state index in [0.29, 0.717) is 11.8 Å². The number of likely N-dealkylation sites (tertiary alicyclic amines) is 1. The van der Waals surface area contributed by atoms with Gasteiger partial charge in [0.2, 0.25) is 5.89 Å². The van der Waals surface area contributed by atoms with Crippen LogP contribution < -0.4 is 0 Å². The number of aromatic nitrogens is 2. The summed E-state index contributed by atoms with van der Waals surface area (Å²) in [6, 6.07) is 0.176. The Labute approximate surface area is 132 Å². The first-order valence-corrected chi connectivity index (χ1v) is 8.54. The Bertz CT molecular complexity index is 466. The number of piperidine rings is 1. The van der Waals surface area contributed by atoms with E-state index in [2.05, 4.69) is 33.9 Å². The molecule has 1 atom stereocenters. The van der Waals surface area contributed by atoms with Gasteiger partial charge in [-0.2, -0.15) is 4.98 Å². The highest BCUT2D eigenvalue weighted by Gasteiger charge is 2.30. The summed E-state index contributed by atoms with van der Waals surface area (Å²) in [5.41, 5.74) is 0. The van der Waals surface area contributed by atoms with Crippen molar-refractivity contribution in [2.24, 2.45) is 5.92 Å². The second-order valence-electron chi connectivity index (χ2n) is 6.89. The summed E-state index contributed by atoms with van der Waals surface area (Å²) in [5.74, 6) is 2.91. The van der Waals surface area contributed by atoms with Crippen molar-refractivity contribution in [2.75, 3.05) is 39.8 Å². The molecule has 0 bridgehead atoms. The maximum absolute atomic E-state index is 9.00. The van der Waals surface area contributed by atoms with Crippen LogP contribution in [0.5, 0.6) is 0 Å². The van der Waals surface area contributed by atoms with Crippen LogP contribution in [-0.2, 0) is 0 Å². The Morgan fingerprint density at radius 2 is 2.05 bits per heavy atom. The third-order valence-corrected chi connectivity index (χ3v) is 5.09. The van der Waals surface area contributed by atoms with Crippen LogP contribution in [0, 0.1) is 5.92 Å². The van der Waals surface area contributed by atoms with E-state index in [4.69, 9.17) is 9.63 Å². The molecule has 1 aromatic heterocycles. The molecule has 1 aliphatic heterocycles. The SMILES string of the molecule is C[C@@H](c1nc(C2CC2)no1)N(C)CC1CCN(CCO)CC1. The second kappa shape index (κ2) is 7.06. The van der Waals surface area contributed by atoms with E-state index < -0.39 is 0 Å². The third kappa shape index (κ3) is 3.86. The summed E-state index contributed by atoms with van der Waals surface area (Å²) in [7, 11) is 2.14. The molecule has 2 aliphatic rings. The van der Waals surface area contributed by atoms with E-state index in [1.165, 1.54) is 25.7 Å². The number of β-amino-alcohol motifs (C(OH)–C–C–N with tert-alkyl or cyclic N) is 1. The fraction of sp³-hybridized carbons (Fsp3) is 0.875. The van der Waals surface area contributed by atoms with Crippen molar-refractivity contribution in [1.29, 1.82) is 0 Å². The molecule has 0 spiro atoms. The van der Waals surface area contributed by atoms with Crippen molar-refractivity contribution in [1.82, 2.24) is 19.9 Å². The van der Waals surface area contributed by atoms with Crippen LogP contribution >= 0.6 is 0 Å². The minimum Gasteiger partial charge on any atom is -0.395 e. The zero-order valence-corrected chi connectivity index (χ0v) is 13.7. The largest absolute Gasteiger partial charge is 0.395 e. The van der Waals surface area contributed by atoms with Crippen LogP contribution in [0.1, 0.15) is 56.3 Å². The number of aliphatic hydroxyl groups excluding tert-OH is 1. The van der Waals surface area contributed by atoms with Crippen LogP contribution in [0.25, 0.3) is 0 Å². The summed E-state index contributed by atoms with van der Waals surface area (Å²) >= 11 is 0. The van der Waals surface area contributed by atoms with Crippen molar-refractivity contribution < 1.29 is 9.63 Å². The van der Waals surface area contributed by atoms with Gasteiger partial charge >= 0.3 is 0 Å². The Kier molecular flexibility index (Phi) is 5.10. The van der Waals surface area contributed by atoms with E-state index in [1.54, 1.807) is 0 Å². The van der Waals surface area contributed by atoms with Gasteiger partial charge in [0.25, 0.3) is 0 Å². The zero-order chi connectivity index (χ0) is 15.5. The lowest BCUT2D eigenvalue weighted by molar-refractivity contribution is 0.114.